The Kier molecular flexibility index (Phi) is 3.28. The first kappa shape index (κ1) is 12.9. The highest BCUT2D eigenvalue weighted by Crippen LogP contribution is 2.45. The van der Waals surface area contributed by atoms with Crippen LogP contribution in [0.1, 0.15) is 17.0 Å². The highest BCUT2D eigenvalue weighted by molar-refractivity contribution is 7.72. The summed E-state index contributed by atoms with van der Waals surface area (Å²) in [5, 5.41) is 0. The van der Waals surface area contributed by atoms with E-state index in [0.717, 1.165) is 22.3 Å². The van der Waals surface area contributed by atoms with Gasteiger partial charge in [-0.3, -0.25) is 0 Å². The molecule has 0 heterocycles. The van der Waals surface area contributed by atoms with Crippen LogP contribution in [0.3, 0.4) is 0 Å². The van der Waals surface area contributed by atoms with E-state index in [2.05, 4.69) is 0 Å². The minimum Gasteiger partial charge on any atom is -0.456 e. The average Bonchev–Trinajstić information content (AvgIpc) is 2.78. The summed E-state index contributed by atoms with van der Waals surface area (Å²) in [4.78, 5) is 10.6. The fourth-order valence-electron chi connectivity index (χ4n) is 2.71. The van der Waals surface area contributed by atoms with E-state index >= 15 is 0 Å². The largest absolute Gasteiger partial charge is 0.456 e. The van der Waals surface area contributed by atoms with Crippen molar-refractivity contribution in [1.82, 2.24) is 0 Å². The van der Waals surface area contributed by atoms with E-state index in [1.165, 1.54) is 6.47 Å². The third-order valence-corrected chi connectivity index (χ3v) is 4.26. The number of fused-ring (bicyclic) bond motifs is 3. The Labute approximate surface area is 118 Å². The van der Waals surface area contributed by atoms with E-state index in [4.69, 9.17) is 4.74 Å². The lowest BCUT2D eigenvalue weighted by atomic mass is 9.98. The van der Waals surface area contributed by atoms with Gasteiger partial charge < -0.3 is 4.74 Å². The first-order chi connectivity index (χ1) is 9.72. The molecule has 0 fully saturated rings. The van der Waals surface area contributed by atoms with Gasteiger partial charge in [-0.15, -0.1) is 0 Å². The van der Waals surface area contributed by atoms with E-state index in [1.54, 1.807) is 18.2 Å². The van der Waals surface area contributed by atoms with Crippen LogP contribution < -0.4 is 0 Å². The van der Waals surface area contributed by atoms with Gasteiger partial charge in [-0.1, -0.05) is 30.3 Å². The Morgan fingerprint density at radius 3 is 2.55 bits per heavy atom. The molecule has 0 N–H and O–H groups in total. The van der Waals surface area contributed by atoms with Crippen LogP contribution >= 0.6 is 0 Å². The maximum absolute atomic E-state index is 11.1. The molecule has 5 heteroatoms. The molecule has 1 unspecified atom stereocenters. The SMILES string of the molecule is O=[C]OCC1c2ccccc2-c2ccc([SH](=O)=O)cc21. The lowest BCUT2D eigenvalue weighted by Crippen LogP contribution is -2.06. The molecule has 101 valence electrons. The van der Waals surface area contributed by atoms with Crippen molar-refractivity contribution in [2.24, 2.45) is 0 Å². The molecule has 0 aromatic heterocycles. The summed E-state index contributed by atoms with van der Waals surface area (Å²) in [6, 6.07) is 12.8. The number of carbonyl (C=O) groups excluding carboxylic acids is 1. The molecular formula is C15H11O4S. The first-order valence-electron chi connectivity index (χ1n) is 6.09. The van der Waals surface area contributed by atoms with E-state index < -0.39 is 10.7 Å². The summed E-state index contributed by atoms with van der Waals surface area (Å²) in [5.41, 5.74) is 3.95. The van der Waals surface area contributed by atoms with Crippen LogP contribution in [-0.4, -0.2) is 21.5 Å². The van der Waals surface area contributed by atoms with Crippen molar-refractivity contribution >= 4 is 17.2 Å². The van der Waals surface area contributed by atoms with Gasteiger partial charge in [0, 0.05) is 5.92 Å². The molecule has 4 nitrogen and oxygen atoms in total. The molecule has 1 atom stereocenters. The fourth-order valence-corrected chi connectivity index (χ4v) is 3.15. The standard InChI is InChI=1S/C15H11O4S/c16-9-19-8-15-12-4-2-1-3-11(12)13-6-5-10(20(17)18)7-14(13)15/h1-7,15,20H,8H2. The Bertz CT molecular complexity index is 741. The second-order valence-corrected chi connectivity index (χ2v) is 5.59. The van der Waals surface area contributed by atoms with Crippen molar-refractivity contribution in [3.63, 3.8) is 0 Å². The number of rotatable bonds is 4. The third kappa shape index (κ3) is 2.00. The van der Waals surface area contributed by atoms with Gasteiger partial charge in [-0.05, 0) is 34.4 Å². The van der Waals surface area contributed by atoms with Crippen molar-refractivity contribution in [1.29, 1.82) is 0 Å². The lowest BCUT2D eigenvalue weighted by molar-refractivity contribution is 0.268. The fraction of sp³-hybridized carbons (Fsp3) is 0.133. The Hall–Kier alpha value is -2.14. The van der Waals surface area contributed by atoms with Gasteiger partial charge >= 0.3 is 6.47 Å². The van der Waals surface area contributed by atoms with Crippen molar-refractivity contribution in [2.75, 3.05) is 6.61 Å². The monoisotopic (exact) mass is 287 g/mol. The number of benzene rings is 2. The molecule has 0 saturated carbocycles. The molecular weight excluding hydrogens is 276 g/mol. The Morgan fingerprint density at radius 2 is 1.80 bits per heavy atom. The summed E-state index contributed by atoms with van der Waals surface area (Å²) in [5.74, 6) is -0.141. The van der Waals surface area contributed by atoms with Gasteiger partial charge in [0.25, 0.3) is 0 Å². The molecule has 1 aliphatic rings. The predicted octanol–water partition coefficient (Wildman–Crippen LogP) is 1.85. The normalized spacial score (nSPS) is 15.8. The van der Waals surface area contributed by atoms with Crippen LogP contribution in [0.15, 0.2) is 47.4 Å². The quantitative estimate of drug-likeness (QED) is 0.872. The Balaban J connectivity index is 2.17. The van der Waals surface area contributed by atoms with E-state index in [9.17, 15) is 13.2 Å². The van der Waals surface area contributed by atoms with Crippen LogP contribution in [0.25, 0.3) is 11.1 Å². The molecule has 0 aliphatic heterocycles. The minimum atomic E-state index is -2.63. The van der Waals surface area contributed by atoms with Gasteiger partial charge in [0.2, 0.25) is 0 Å². The second kappa shape index (κ2) is 5.09. The third-order valence-electron chi connectivity index (χ3n) is 3.56. The highest BCUT2D eigenvalue weighted by Gasteiger charge is 2.29. The molecule has 3 rings (SSSR count). The zero-order chi connectivity index (χ0) is 14.1. The Morgan fingerprint density at radius 1 is 1.05 bits per heavy atom. The van der Waals surface area contributed by atoms with Crippen LogP contribution in [0, 0.1) is 0 Å². The van der Waals surface area contributed by atoms with Crippen molar-refractivity contribution < 1.29 is 17.9 Å². The molecule has 0 amide bonds. The van der Waals surface area contributed by atoms with E-state index in [0.29, 0.717) is 0 Å². The number of thiol groups is 1. The number of hydrogen-bond donors (Lipinski definition) is 1. The molecule has 1 radical (unpaired) electrons. The molecule has 20 heavy (non-hydrogen) atoms. The van der Waals surface area contributed by atoms with Gasteiger partial charge in [-0.2, -0.15) is 0 Å². The lowest BCUT2D eigenvalue weighted by Gasteiger charge is -2.11. The summed E-state index contributed by atoms with van der Waals surface area (Å²) < 4.78 is 27.1. The molecule has 0 spiro atoms. The molecule has 2 aromatic rings. The van der Waals surface area contributed by atoms with Crippen LogP contribution in [-0.2, 0) is 20.2 Å². The van der Waals surface area contributed by atoms with Crippen molar-refractivity contribution in [2.45, 2.75) is 10.8 Å². The second-order valence-electron chi connectivity index (χ2n) is 4.56. The zero-order valence-corrected chi connectivity index (χ0v) is 11.3. The van der Waals surface area contributed by atoms with Crippen LogP contribution in [0.5, 0.6) is 0 Å². The summed E-state index contributed by atoms with van der Waals surface area (Å²) >= 11 is 0. The highest BCUT2D eigenvalue weighted by atomic mass is 32.2. The molecule has 0 bridgehead atoms. The van der Waals surface area contributed by atoms with Crippen molar-refractivity contribution in [3.05, 3.63) is 53.6 Å². The minimum absolute atomic E-state index is 0.141. The van der Waals surface area contributed by atoms with E-state index in [1.807, 2.05) is 24.3 Å². The summed E-state index contributed by atoms with van der Waals surface area (Å²) in [7, 11) is -2.63. The van der Waals surface area contributed by atoms with Gasteiger partial charge in [0.15, 0.2) is 10.7 Å². The topological polar surface area (TPSA) is 60.4 Å². The van der Waals surface area contributed by atoms with Crippen LogP contribution in [0.2, 0.25) is 0 Å². The smallest absolute Gasteiger partial charge is 0.417 e. The van der Waals surface area contributed by atoms with Crippen molar-refractivity contribution in [3.8, 4) is 11.1 Å². The maximum Gasteiger partial charge on any atom is 0.417 e. The van der Waals surface area contributed by atoms with Gasteiger partial charge in [-0.25, -0.2) is 13.2 Å². The molecule has 1 aliphatic carbocycles. The van der Waals surface area contributed by atoms with Crippen LogP contribution in [0.4, 0.5) is 0 Å². The summed E-state index contributed by atoms with van der Waals surface area (Å²) in [6.07, 6.45) is 0. The molecule has 2 aromatic carbocycles. The van der Waals surface area contributed by atoms with Gasteiger partial charge in [0.05, 0.1) is 4.90 Å². The maximum atomic E-state index is 11.1. The average molecular weight is 287 g/mol. The van der Waals surface area contributed by atoms with E-state index in [-0.39, 0.29) is 17.4 Å². The first-order valence-corrected chi connectivity index (χ1v) is 7.26. The predicted molar refractivity (Wildman–Crippen MR) is 73.9 cm³/mol. The zero-order valence-electron chi connectivity index (χ0n) is 10.4. The number of hydrogen-bond acceptors (Lipinski definition) is 4. The number of ether oxygens (including phenoxy) is 1. The van der Waals surface area contributed by atoms with Gasteiger partial charge in [0.1, 0.15) is 6.61 Å². The summed E-state index contributed by atoms with van der Waals surface area (Å²) in [6.45, 7) is 1.58. The molecule has 0 saturated heterocycles.